The Kier molecular flexibility index (Phi) is 9.90. The van der Waals surface area contributed by atoms with E-state index in [1.807, 2.05) is 39.5 Å². The average Bonchev–Trinajstić information content (AvgIpc) is 3.97. The lowest BCUT2D eigenvalue weighted by molar-refractivity contribution is -0.335. The maximum atomic E-state index is 14.0. The highest BCUT2D eigenvalue weighted by molar-refractivity contribution is 6.07. The molecule has 6 aromatic rings. The zero-order chi connectivity index (χ0) is 40.5. The molecule has 0 saturated carbocycles. The van der Waals surface area contributed by atoms with Crippen molar-refractivity contribution in [2.24, 2.45) is 17.8 Å². The fraction of sp³-hybridized carbons (Fsp3) is 0.467. The van der Waals surface area contributed by atoms with Gasteiger partial charge in [-0.25, -0.2) is 14.8 Å². The lowest BCUT2D eigenvalue weighted by Gasteiger charge is -2.35. The summed E-state index contributed by atoms with van der Waals surface area (Å²) in [4.78, 5) is 48.4. The quantitative estimate of drug-likeness (QED) is 0.132. The Morgan fingerprint density at radius 1 is 0.845 bits per heavy atom. The molecular formula is C45H53N7O6. The minimum absolute atomic E-state index is 0.0389. The van der Waals surface area contributed by atoms with Crippen molar-refractivity contribution in [1.82, 2.24) is 35.1 Å². The number of aromatic nitrogens is 4. The Morgan fingerprint density at radius 2 is 1.43 bits per heavy atom. The van der Waals surface area contributed by atoms with Gasteiger partial charge in [-0.2, -0.15) is 0 Å². The monoisotopic (exact) mass is 787 g/mol. The second kappa shape index (κ2) is 14.9. The van der Waals surface area contributed by atoms with Crippen molar-refractivity contribution in [1.29, 1.82) is 0 Å². The van der Waals surface area contributed by atoms with E-state index in [9.17, 15) is 9.59 Å². The Bertz CT molecular complexity index is 2520. The normalized spacial score (nSPS) is 22.2. The van der Waals surface area contributed by atoms with Crippen LogP contribution in [0.3, 0.4) is 0 Å². The number of carbonyl (C=O) groups is 2. The maximum absolute atomic E-state index is 14.0. The van der Waals surface area contributed by atoms with E-state index in [0.717, 1.165) is 79.2 Å². The fourth-order valence-electron chi connectivity index (χ4n) is 9.03. The van der Waals surface area contributed by atoms with Gasteiger partial charge in [0.15, 0.2) is 6.79 Å². The largest absolute Gasteiger partial charge is 0.444 e. The van der Waals surface area contributed by atoms with Crippen LogP contribution < -0.4 is 5.32 Å². The van der Waals surface area contributed by atoms with Crippen molar-refractivity contribution in [2.45, 2.75) is 84.5 Å². The summed E-state index contributed by atoms with van der Waals surface area (Å²) in [6, 6.07) is 20.6. The molecule has 2 aromatic heterocycles. The smallest absolute Gasteiger partial charge is 0.410 e. The number of likely N-dealkylation sites (tertiary alicyclic amines) is 2. The molecule has 13 heteroatoms. The van der Waals surface area contributed by atoms with E-state index in [4.69, 9.17) is 28.9 Å². The number of fused-ring (bicyclic) bond motifs is 6. The van der Waals surface area contributed by atoms with Gasteiger partial charge in [-0.05, 0) is 91.6 Å². The Morgan fingerprint density at radius 3 is 1.95 bits per heavy atom. The number of nitrogens with one attached hydrogen (secondary N) is 3. The van der Waals surface area contributed by atoms with Crippen molar-refractivity contribution >= 4 is 55.6 Å². The predicted octanol–water partition coefficient (Wildman–Crippen LogP) is 8.17. The van der Waals surface area contributed by atoms with Crippen LogP contribution in [0, 0.1) is 17.8 Å². The number of rotatable bonds is 9. The van der Waals surface area contributed by atoms with Gasteiger partial charge in [0, 0.05) is 36.9 Å². The van der Waals surface area contributed by atoms with Crippen LogP contribution in [0.2, 0.25) is 0 Å². The number of carbonyl (C=O) groups excluding carboxylic acids is 2. The van der Waals surface area contributed by atoms with Gasteiger partial charge in [-0.3, -0.25) is 15.0 Å². The minimum Gasteiger partial charge on any atom is -0.444 e. The second-order valence-electron chi connectivity index (χ2n) is 17.8. The Labute approximate surface area is 337 Å². The van der Waals surface area contributed by atoms with Gasteiger partial charge in [0.1, 0.15) is 17.2 Å². The third kappa shape index (κ3) is 7.18. The number of imidazole rings is 2. The molecule has 0 bridgehead atoms. The number of hydrogen-bond donors (Lipinski definition) is 3. The van der Waals surface area contributed by atoms with Crippen molar-refractivity contribution in [3.63, 3.8) is 0 Å². The van der Waals surface area contributed by atoms with E-state index in [1.54, 1.807) is 12.0 Å². The van der Waals surface area contributed by atoms with Gasteiger partial charge < -0.3 is 33.8 Å². The van der Waals surface area contributed by atoms with E-state index < -0.39 is 18.1 Å². The van der Waals surface area contributed by atoms with Crippen LogP contribution >= 0.6 is 0 Å². The van der Waals surface area contributed by atoms with Crippen molar-refractivity contribution in [2.75, 3.05) is 33.6 Å². The zero-order valence-electron chi connectivity index (χ0n) is 34.3. The number of H-pyrrole nitrogens is 2. The van der Waals surface area contributed by atoms with E-state index in [1.165, 1.54) is 0 Å². The lowest BCUT2D eigenvalue weighted by Crippen LogP contribution is -2.56. The predicted molar refractivity (Wildman–Crippen MR) is 223 cm³/mol. The van der Waals surface area contributed by atoms with E-state index in [2.05, 4.69) is 82.9 Å². The SMILES string of the molecule is COC[C@H]1C[C@@H](c2nc3c(ccc4cc(-c5ccc6c(ccc7[nH]c([C@@H]8C[C@H](C)CN8C(=O)[C@@H](NC8OCO8)C(C)C)nc76)c5)ccc43)[nH]2)N(C(=O)OC(C)(C)C)C1. The summed E-state index contributed by atoms with van der Waals surface area (Å²) < 4.78 is 22.1. The highest BCUT2D eigenvalue weighted by Gasteiger charge is 2.42. The fourth-order valence-corrected chi connectivity index (χ4v) is 9.03. The third-order valence-corrected chi connectivity index (χ3v) is 11.8. The third-order valence-electron chi connectivity index (χ3n) is 11.8. The minimum atomic E-state index is -0.598. The molecule has 0 spiro atoms. The molecule has 13 nitrogen and oxygen atoms in total. The lowest BCUT2D eigenvalue weighted by atomic mass is 9.98. The number of aromatic amines is 2. The van der Waals surface area contributed by atoms with Crippen LogP contribution in [0.15, 0.2) is 60.7 Å². The maximum Gasteiger partial charge on any atom is 0.410 e. The van der Waals surface area contributed by atoms with Gasteiger partial charge in [0.2, 0.25) is 12.3 Å². The summed E-state index contributed by atoms with van der Waals surface area (Å²) in [5.74, 6) is 2.19. The first kappa shape index (κ1) is 38.4. The number of benzene rings is 4. The number of ether oxygens (including phenoxy) is 4. The topological polar surface area (TPSA) is 147 Å². The molecule has 3 fully saturated rings. The van der Waals surface area contributed by atoms with Gasteiger partial charge in [-0.1, -0.05) is 57.2 Å². The van der Waals surface area contributed by atoms with Crippen LogP contribution in [-0.4, -0.2) is 93.4 Å². The molecule has 5 heterocycles. The molecule has 3 aliphatic rings. The first-order chi connectivity index (χ1) is 27.8. The van der Waals surface area contributed by atoms with Crippen LogP contribution in [0.4, 0.5) is 4.79 Å². The van der Waals surface area contributed by atoms with Crippen LogP contribution in [0.25, 0.3) is 54.7 Å². The van der Waals surface area contributed by atoms with Gasteiger partial charge in [-0.15, -0.1) is 0 Å². The molecule has 3 N–H and O–H groups in total. The first-order valence-electron chi connectivity index (χ1n) is 20.5. The van der Waals surface area contributed by atoms with E-state index in [0.29, 0.717) is 25.6 Å². The van der Waals surface area contributed by atoms with E-state index in [-0.39, 0.29) is 42.7 Å². The van der Waals surface area contributed by atoms with Crippen LogP contribution in [0.1, 0.15) is 78.1 Å². The molecule has 0 radical (unpaired) electrons. The summed E-state index contributed by atoms with van der Waals surface area (Å²) in [6.07, 6.45) is 0.688. The van der Waals surface area contributed by atoms with Crippen LogP contribution in [-0.2, 0) is 23.7 Å². The zero-order valence-corrected chi connectivity index (χ0v) is 34.3. The van der Waals surface area contributed by atoms with Crippen molar-refractivity contribution < 1.29 is 28.5 Å². The molecule has 3 aliphatic heterocycles. The van der Waals surface area contributed by atoms with Gasteiger partial charge in [0.05, 0.1) is 46.8 Å². The first-order valence-corrected chi connectivity index (χ1v) is 20.5. The molecule has 58 heavy (non-hydrogen) atoms. The summed E-state index contributed by atoms with van der Waals surface area (Å²) in [5, 5.41) is 7.51. The molecule has 5 atom stereocenters. The molecule has 4 aromatic carbocycles. The van der Waals surface area contributed by atoms with Crippen molar-refractivity contribution in [3.05, 3.63) is 72.3 Å². The number of methoxy groups -OCH3 is 1. The molecule has 9 rings (SSSR count). The van der Waals surface area contributed by atoms with E-state index >= 15 is 0 Å². The van der Waals surface area contributed by atoms with Gasteiger partial charge >= 0.3 is 6.09 Å². The molecule has 0 aliphatic carbocycles. The Hall–Kier alpha value is -5.08. The summed E-state index contributed by atoms with van der Waals surface area (Å²) in [5.41, 5.74) is 5.26. The highest BCUT2D eigenvalue weighted by atomic mass is 16.9. The molecular weight excluding hydrogens is 735 g/mol. The molecule has 0 unspecified atom stereocenters. The number of nitrogens with zero attached hydrogens (tertiary/aromatic N) is 4. The Balaban J connectivity index is 0.986. The standard InChI is InChI=1S/C45H53N7O6/c1-24(2)37(50-43-56-23-57-43)42(53)51-20-25(3)16-35(51)40-46-33-14-10-29-18-27(8-12-31(29)38(33)48-40)28-9-13-32-30(19-28)11-15-34-39(32)49-41(47-34)36-17-26(22-55-7)21-52(36)44(54)58-45(4,5)6/h8-15,18-19,24-26,35-37,43,50H,16-17,20-23H2,1-7H3,(H,46,48)(H,47,49)/t25-,26-,35-,36-,37-/m0/s1. The summed E-state index contributed by atoms with van der Waals surface area (Å²) in [6.45, 7) is 13.9. The average molecular weight is 788 g/mol. The summed E-state index contributed by atoms with van der Waals surface area (Å²) in [7, 11) is 1.69. The van der Waals surface area contributed by atoms with Gasteiger partial charge in [0.25, 0.3) is 0 Å². The molecule has 304 valence electrons. The van der Waals surface area contributed by atoms with Crippen LogP contribution in [0.5, 0.6) is 0 Å². The summed E-state index contributed by atoms with van der Waals surface area (Å²) >= 11 is 0. The molecule has 3 saturated heterocycles. The number of hydrogen-bond acceptors (Lipinski definition) is 9. The molecule has 2 amide bonds. The second-order valence-corrected chi connectivity index (χ2v) is 17.8. The van der Waals surface area contributed by atoms with Crippen molar-refractivity contribution in [3.8, 4) is 11.1 Å². The number of amides is 2. The highest BCUT2D eigenvalue weighted by Crippen LogP contribution is 2.40.